The number of aryl methyl sites for hydroxylation is 1. The number of rotatable bonds is 2. The number of furan rings is 1. The third-order valence-electron chi connectivity index (χ3n) is 4.68. The van der Waals surface area contributed by atoms with E-state index in [9.17, 15) is 13.2 Å². The number of piperidine rings is 1. The van der Waals surface area contributed by atoms with E-state index < -0.39 is 17.5 Å². The third-order valence-corrected chi connectivity index (χ3v) is 4.68. The van der Waals surface area contributed by atoms with Gasteiger partial charge in [-0.05, 0) is 31.0 Å². The van der Waals surface area contributed by atoms with E-state index in [-0.39, 0.29) is 11.7 Å². The van der Waals surface area contributed by atoms with E-state index in [0.717, 1.165) is 45.1 Å². The molecule has 130 valence electrons. The van der Waals surface area contributed by atoms with E-state index in [2.05, 4.69) is 15.0 Å². The van der Waals surface area contributed by atoms with E-state index in [1.54, 1.807) is 0 Å². The van der Waals surface area contributed by atoms with Gasteiger partial charge in [-0.3, -0.25) is 0 Å². The summed E-state index contributed by atoms with van der Waals surface area (Å²) >= 11 is 0. The van der Waals surface area contributed by atoms with Crippen LogP contribution in [0.25, 0.3) is 11.7 Å². The van der Waals surface area contributed by atoms with Crippen LogP contribution in [-0.4, -0.2) is 47.3 Å². The van der Waals surface area contributed by atoms with Gasteiger partial charge < -0.3 is 18.7 Å². The molecule has 0 atom stereocenters. The average Bonchev–Trinajstić information content (AvgIpc) is 3.05. The van der Waals surface area contributed by atoms with Crippen LogP contribution in [0.3, 0.4) is 0 Å². The molecule has 5 heterocycles. The second-order valence-corrected chi connectivity index (χ2v) is 6.26. The van der Waals surface area contributed by atoms with Crippen LogP contribution in [-0.2, 0) is 6.18 Å². The second-order valence-electron chi connectivity index (χ2n) is 6.26. The van der Waals surface area contributed by atoms with Crippen LogP contribution in [0.1, 0.15) is 24.2 Å². The number of hydrogen-bond acceptors (Lipinski definition) is 6. The maximum atomic E-state index is 13.1. The topological polar surface area (TPSA) is 58.5 Å². The van der Waals surface area contributed by atoms with Gasteiger partial charge in [-0.25, -0.2) is 0 Å². The van der Waals surface area contributed by atoms with Gasteiger partial charge in [0.05, 0.1) is 0 Å². The molecule has 0 saturated carbocycles. The summed E-state index contributed by atoms with van der Waals surface area (Å²) in [7, 11) is 0. The van der Waals surface area contributed by atoms with Crippen molar-refractivity contribution in [2.24, 2.45) is 0 Å². The number of halogens is 3. The van der Waals surface area contributed by atoms with Gasteiger partial charge in [0.2, 0.25) is 5.76 Å². The van der Waals surface area contributed by atoms with Gasteiger partial charge in [0.25, 0.3) is 11.8 Å². The minimum Gasteiger partial charge on any atom is -0.456 e. The highest BCUT2D eigenvalue weighted by molar-refractivity contribution is 5.54. The molecule has 0 spiro atoms. The number of nitrogens with zero attached hydrogens (tertiary/aromatic N) is 4. The van der Waals surface area contributed by atoms with Crippen molar-refractivity contribution in [1.29, 1.82) is 0 Å². The van der Waals surface area contributed by atoms with Gasteiger partial charge in [0.1, 0.15) is 11.3 Å². The lowest BCUT2D eigenvalue weighted by Gasteiger charge is -2.30. The van der Waals surface area contributed by atoms with Crippen LogP contribution in [0.5, 0.6) is 0 Å². The Morgan fingerprint density at radius 3 is 2.62 bits per heavy atom. The maximum Gasteiger partial charge on any atom is 0.420 e. The molecule has 0 N–H and O–H groups in total. The Morgan fingerprint density at radius 1 is 1.17 bits per heavy atom. The van der Waals surface area contributed by atoms with Crippen molar-refractivity contribution in [3.05, 3.63) is 17.4 Å². The summed E-state index contributed by atoms with van der Waals surface area (Å²) < 4.78 is 49.6. The highest BCUT2D eigenvalue weighted by Gasteiger charge is 2.39. The Bertz CT molecular complexity index is 731. The predicted octanol–water partition coefficient (Wildman–Crippen LogP) is 2.94. The van der Waals surface area contributed by atoms with Gasteiger partial charge in [0.15, 0.2) is 0 Å². The van der Waals surface area contributed by atoms with E-state index >= 15 is 0 Å². The molecule has 3 saturated heterocycles. The van der Waals surface area contributed by atoms with Crippen molar-refractivity contribution in [2.75, 3.05) is 31.1 Å². The smallest absolute Gasteiger partial charge is 0.420 e. The van der Waals surface area contributed by atoms with Crippen LogP contribution in [0, 0.1) is 6.92 Å². The zero-order valence-electron chi connectivity index (χ0n) is 13.1. The van der Waals surface area contributed by atoms with Gasteiger partial charge in [-0.15, -0.1) is 0 Å². The first-order valence-electron chi connectivity index (χ1n) is 7.92. The van der Waals surface area contributed by atoms with Crippen molar-refractivity contribution in [2.45, 2.75) is 32.0 Å². The highest BCUT2D eigenvalue weighted by atomic mass is 19.4. The molecule has 0 unspecified atom stereocenters. The van der Waals surface area contributed by atoms with Gasteiger partial charge in [-0.2, -0.15) is 18.2 Å². The molecule has 6 nitrogen and oxygen atoms in total. The molecule has 0 radical (unpaired) electrons. The Hall–Kier alpha value is -2.03. The maximum absolute atomic E-state index is 13.1. The minimum absolute atomic E-state index is 0.151. The largest absolute Gasteiger partial charge is 0.456 e. The Kier molecular flexibility index (Phi) is 3.56. The summed E-state index contributed by atoms with van der Waals surface area (Å²) in [6.07, 6.45) is -2.54. The summed E-state index contributed by atoms with van der Waals surface area (Å²) in [6.45, 7) is 5.15. The Labute approximate surface area is 136 Å². The number of aromatic nitrogens is 2. The molecule has 3 fully saturated rings. The number of anilines is 1. The molecule has 2 aromatic heterocycles. The molecule has 3 aliphatic heterocycles. The van der Waals surface area contributed by atoms with Gasteiger partial charge in [0, 0.05) is 32.2 Å². The van der Waals surface area contributed by atoms with Gasteiger partial charge >= 0.3 is 6.18 Å². The predicted molar refractivity (Wildman–Crippen MR) is 78.5 cm³/mol. The summed E-state index contributed by atoms with van der Waals surface area (Å²) in [5.74, 6) is -0.162. The molecule has 24 heavy (non-hydrogen) atoms. The SMILES string of the molecule is Cc1cc(C(F)(F)F)c(-c2nc(N3CCN4CCC3CC4)no2)o1. The zero-order chi connectivity index (χ0) is 16.9. The normalized spacial score (nSPS) is 24.4. The second kappa shape index (κ2) is 5.51. The number of hydrogen-bond donors (Lipinski definition) is 0. The number of alkyl halides is 3. The fourth-order valence-electron chi connectivity index (χ4n) is 3.46. The molecular formula is C15H17F3N4O2. The van der Waals surface area contributed by atoms with Crippen molar-refractivity contribution >= 4 is 5.95 Å². The van der Waals surface area contributed by atoms with Crippen molar-refractivity contribution in [3.63, 3.8) is 0 Å². The third kappa shape index (κ3) is 2.66. The molecule has 0 aliphatic carbocycles. The summed E-state index contributed by atoms with van der Waals surface area (Å²) in [5.41, 5.74) is -0.891. The standard InChI is InChI=1S/C15H17F3N4O2/c1-9-8-11(15(16,17)18)12(23-9)13-19-14(20-24-13)22-7-6-21-4-2-10(22)3-5-21/h8,10H,2-7H2,1H3. The Morgan fingerprint density at radius 2 is 1.92 bits per heavy atom. The number of fused-ring (bicyclic) bond motifs is 4. The van der Waals surface area contributed by atoms with Crippen molar-refractivity contribution in [3.8, 4) is 11.7 Å². The lowest BCUT2D eigenvalue weighted by molar-refractivity contribution is -0.137. The fourth-order valence-corrected chi connectivity index (χ4v) is 3.46. The van der Waals surface area contributed by atoms with E-state index in [1.165, 1.54) is 6.92 Å². The summed E-state index contributed by atoms with van der Waals surface area (Å²) in [6, 6.07) is 1.25. The first-order valence-corrected chi connectivity index (χ1v) is 7.92. The fraction of sp³-hybridized carbons (Fsp3) is 0.600. The zero-order valence-corrected chi connectivity index (χ0v) is 13.1. The molecule has 5 rings (SSSR count). The molecule has 9 heteroatoms. The average molecular weight is 342 g/mol. The van der Waals surface area contributed by atoms with E-state index in [0.29, 0.717) is 12.0 Å². The van der Waals surface area contributed by atoms with Gasteiger partial charge in [-0.1, -0.05) is 0 Å². The lowest BCUT2D eigenvalue weighted by Crippen LogP contribution is -2.38. The van der Waals surface area contributed by atoms with Crippen molar-refractivity contribution < 1.29 is 22.1 Å². The summed E-state index contributed by atoms with van der Waals surface area (Å²) in [4.78, 5) is 8.59. The van der Waals surface area contributed by atoms with Crippen LogP contribution >= 0.6 is 0 Å². The van der Waals surface area contributed by atoms with E-state index in [4.69, 9.17) is 8.94 Å². The molecule has 3 aliphatic rings. The van der Waals surface area contributed by atoms with Crippen LogP contribution in [0.4, 0.5) is 19.1 Å². The minimum atomic E-state index is -4.53. The summed E-state index contributed by atoms with van der Waals surface area (Å²) in [5, 5.41) is 3.90. The quantitative estimate of drug-likeness (QED) is 0.836. The molecule has 2 bridgehead atoms. The molecule has 0 aromatic carbocycles. The first kappa shape index (κ1) is 15.5. The first-order chi connectivity index (χ1) is 11.4. The van der Waals surface area contributed by atoms with Crippen LogP contribution in [0.2, 0.25) is 0 Å². The van der Waals surface area contributed by atoms with E-state index in [1.807, 2.05) is 4.90 Å². The molecule has 2 aromatic rings. The van der Waals surface area contributed by atoms with Crippen molar-refractivity contribution in [1.82, 2.24) is 15.0 Å². The highest BCUT2D eigenvalue weighted by Crippen LogP contribution is 2.39. The molecular weight excluding hydrogens is 325 g/mol. The lowest BCUT2D eigenvalue weighted by atomic mass is 10.1. The monoisotopic (exact) mass is 342 g/mol. The van der Waals surface area contributed by atoms with Crippen LogP contribution < -0.4 is 4.90 Å². The van der Waals surface area contributed by atoms with Crippen LogP contribution in [0.15, 0.2) is 15.0 Å². The molecule has 0 amide bonds. The Balaban J connectivity index is 1.66.